The Bertz CT molecular complexity index is 570. The van der Waals surface area contributed by atoms with Gasteiger partial charge in [-0.05, 0) is 42.7 Å². The molecule has 0 amide bonds. The fraction of sp³-hybridized carbons (Fsp3) is 0.667. The van der Waals surface area contributed by atoms with Crippen LogP contribution in [-0.4, -0.2) is 50.2 Å². The summed E-state index contributed by atoms with van der Waals surface area (Å²) in [5, 5.41) is 15.3. The lowest BCUT2D eigenvalue weighted by atomic mass is 10.2. The maximum absolute atomic E-state index is 4.27. The zero-order valence-electron chi connectivity index (χ0n) is 10.7. The van der Waals surface area contributed by atoms with Crippen molar-refractivity contribution >= 4 is 11.5 Å². The van der Waals surface area contributed by atoms with Crippen LogP contribution in [-0.2, 0) is 0 Å². The molecule has 4 rings (SSSR count). The van der Waals surface area contributed by atoms with Gasteiger partial charge in [-0.3, -0.25) is 4.98 Å². The van der Waals surface area contributed by atoms with Gasteiger partial charge in [0, 0.05) is 18.6 Å². The van der Waals surface area contributed by atoms with Crippen molar-refractivity contribution in [2.24, 2.45) is 0 Å². The zero-order valence-corrected chi connectivity index (χ0v) is 10.7. The SMILES string of the molecule is c1ncc2nnnn2c1N(CC1CCCN1)C1CC1. The minimum absolute atomic E-state index is 0.576. The number of tetrazole rings is 1. The smallest absolute Gasteiger partial charge is 0.199 e. The second kappa shape index (κ2) is 4.41. The molecular weight excluding hydrogens is 242 g/mol. The number of fused-ring (bicyclic) bond motifs is 1. The Morgan fingerprint density at radius 3 is 3.05 bits per heavy atom. The first kappa shape index (κ1) is 11.1. The van der Waals surface area contributed by atoms with Crippen LogP contribution in [0.25, 0.3) is 5.65 Å². The van der Waals surface area contributed by atoms with E-state index in [2.05, 4.69) is 30.7 Å². The molecule has 1 saturated heterocycles. The minimum Gasteiger partial charge on any atom is -0.351 e. The molecular formula is C12H17N7. The van der Waals surface area contributed by atoms with Gasteiger partial charge >= 0.3 is 0 Å². The van der Waals surface area contributed by atoms with Gasteiger partial charge < -0.3 is 10.2 Å². The first-order valence-corrected chi connectivity index (χ1v) is 6.94. The van der Waals surface area contributed by atoms with E-state index in [1.54, 1.807) is 10.7 Å². The van der Waals surface area contributed by atoms with E-state index in [4.69, 9.17) is 0 Å². The van der Waals surface area contributed by atoms with E-state index in [0.29, 0.717) is 17.7 Å². The molecule has 0 spiro atoms. The van der Waals surface area contributed by atoms with Gasteiger partial charge in [-0.15, -0.1) is 5.10 Å². The molecule has 1 aliphatic carbocycles. The highest BCUT2D eigenvalue weighted by atomic mass is 15.5. The lowest BCUT2D eigenvalue weighted by Gasteiger charge is -2.27. The van der Waals surface area contributed by atoms with Crippen molar-refractivity contribution in [2.75, 3.05) is 18.0 Å². The molecule has 2 fully saturated rings. The van der Waals surface area contributed by atoms with E-state index in [1.165, 1.54) is 25.7 Å². The molecule has 0 radical (unpaired) electrons. The van der Waals surface area contributed by atoms with Crippen molar-refractivity contribution in [3.63, 3.8) is 0 Å². The van der Waals surface area contributed by atoms with Crippen molar-refractivity contribution in [3.05, 3.63) is 12.4 Å². The number of rotatable bonds is 4. The summed E-state index contributed by atoms with van der Waals surface area (Å²) in [6, 6.07) is 1.20. The highest BCUT2D eigenvalue weighted by molar-refractivity contribution is 5.48. The molecule has 3 heterocycles. The van der Waals surface area contributed by atoms with Crippen LogP contribution in [0.1, 0.15) is 25.7 Å². The third kappa shape index (κ3) is 2.03. The Labute approximate surface area is 111 Å². The number of anilines is 1. The summed E-state index contributed by atoms with van der Waals surface area (Å²) >= 11 is 0. The lowest BCUT2D eigenvalue weighted by molar-refractivity contribution is 0.570. The van der Waals surface area contributed by atoms with Crippen LogP contribution >= 0.6 is 0 Å². The molecule has 1 unspecified atom stereocenters. The van der Waals surface area contributed by atoms with Crippen molar-refractivity contribution in [3.8, 4) is 0 Å². The number of aromatic nitrogens is 5. The Morgan fingerprint density at radius 1 is 1.32 bits per heavy atom. The highest BCUT2D eigenvalue weighted by Crippen LogP contribution is 2.31. The Kier molecular flexibility index (Phi) is 2.58. The molecule has 1 saturated carbocycles. The van der Waals surface area contributed by atoms with Crippen molar-refractivity contribution in [1.29, 1.82) is 0 Å². The summed E-state index contributed by atoms with van der Waals surface area (Å²) in [6.07, 6.45) is 8.61. The largest absolute Gasteiger partial charge is 0.351 e. The molecule has 2 aliphatic rings. The summed E-state index contributed by atoms with van der Waals surface area (Å²) < 4.78 is 1.79. The van der Waals surface area contributed by atoms with E-state index in [-0.39, 0.29) is 0 Å². The lowest BCUT2D eigenvalue weighted by Crippen LogP contribution is -2.40. The van der Waals surface area contributed by atoms with Gasteiger partial charge in [0.05, 0.1) is 12.4 Å². The average molecular weight is 259 g/mol. The molecule has 7 heteroatoms. The van der Waals surface area contributed by atoms with Crippen molar-refractivity contribution in [1.82, 2.24) is 30.3 Å². The van der Waals surface area contributed by atoms with Gasteiger partial charge in [0.1, 0.15) is 0 Å². The molecule has 1 aliphatic heterocycles. The zero-order chi connectivity index (χ0) is 12.7. The van der Waals surface area contributed by atoms with E-state index < -0.39 is 0 Å². The van der Waals surface area contributed by atoms with Crippen LogP contribution in [0, 0.1) is 0 Å². The number of hydrogen-bond acceptors (Lipinski definition) is 6. The Balaban J connectivity index is 1.67. The fourth-order valence-corrected chi connectivity index (χ4v) is 2.82. The normalized spacial score (nSPS) is 23.1. The molecule has 100 valence electrons. The van der Waals surface area contributed by atoms with Gasteiger partial charge in [0.25, 0.3) is 0 Å². The van der Waals surface area contributed by atoms with Gasteiger partial charge in [-0.2, -0.15) is 4.52 Å². The molecule has 1 atom stereocenters. The van der Waals surface area contributed by atoms with E-state index in [9.17, 15) is 0 Å². The third-order valence-electron chi connectivity index (χ3n) is 3.95. The molecule has 19 heavy (non-hydrogen) atoms. The van der Waals surface area contributed by atoms with Crippen LogP contribution in [0.4, 0.5) is 5.82 Å². The maximum atomic E-state index is 4.27. The number of nitrogens with one attached hydrogen (secondary N) is 1. The third-order valence-corrected chi connectivity index (χ3v) is 3.95. The van der Waals surface area contributed by atoms with Gasteiger partial charge in [0.2, 0.25) is 0 Å². The maximum Gasteiger partial charge on any atom is 0.199 e. The predicted octanol–water partition coefficient (Wildman–Crippen LogP) is 0.240. The van der Waals surface area contributed by atoms with Crippen molar-refractivity contribution < 1.29 is 0 Å². The quantitative estimate of drug-likeness (QED) is 0.848. The van der Waals surface area contributed by atoms with Crippen LogP contribution < -0.4 is 10.2 Å². The average Bonchev–Trinajstić information content (AvgIpc) is 2.95. The predicted molar refractivity (Wildman–Crippen MR) is 70.0 cm³/mol. The van der Waals surface area contributed by atoms with Gasteiger partial charge in [-0.25, -0.2) is 0 Å². The molecule has 0 aromatic carbocycles. The van der Waals surface area contributed by atoms with Crippen LogP contribution in [0.3, 0.4) is 0 Å². The van der Waals surface area contributed by atoms with Gasteiger partial charge in [-0.1, -0.05) is 0 Å². The number of hydrogen-bond donors (Lipinski definition) is 1. The highest BCUT2D eigenvalue weighted by Gasteiger charge is 2.33. The molecule has 0 bridgehead atoms. The standard InChI is InChI=1S/C12H17N7/c1-2-9(14-5-1)8-18(10-3-4-10)12-7-13-6-11-15-16-17-19(11)12/h6-7,9-10,14H,1-5,8H2. The Morgan fingerprint density at radius 2 is 2.26 bits per heavy atom. The first-order chi connectivity index (χ1) is 9.42. The summed E-state index contributed by atoms with van der Waals surface area (Å²) in [5.74, 6) is 1.01. The monoisotopic (exact) mass is 259 g/mol. The molecule has 1 N–H and O–H groups in total. The second-order valence-corrected chi connectivity index (χ2v) is 5.39. The summed E-state index contributed by atoms with van der Waals surface area (Å²) in [6.45, 7) is 2.15. The van der Waals surface area contributed by atoms with E-state index in [1.807, 2.05) is 6.20 Å². The van der Waals surface area contributed by atoms with Gasteiger partial charge in [0.15, 0.2) is 11.5 Å². The number of nitrogens with zero attached hydrogens (tertiary/aromatic N) is 6. The van der Waals surface area contributed by atoms with E-state index >= 15 is 0 Å². The second-order valence-electron chi connectivity index (χ2n) is 5.39. The van der Waals surface area contributed by atoms with Crippen LogP contribution in [0.5, 0.6) is 0 Å². The molecule has 2 aromatic rings. The Hall–Kier alpha value is -1.76. The topological polar surface area (TPSA) is 71.2 Å². The molecule has 2 aromatic heterocycles. The fourth-order valence-electron chi connectivity index (χ4n) is 2.82. The van der Waals surface area contributed by atoms with Crippen LogP contribution in [0.15, 0.2) is 12.4 Å². The summed E-state index contributed by atoms with van der Waals surface area (Å²) in [5.41, 5.74) is 0.711. The first-order valence-electron chi connectivity index (χ1n) is 6.94. The van der Waals surface area contributed by atoms with Crippen molar-refractivity contribution in [2.45, 2.75) is 37.8 Å². The molecule has 7 nitrogen and oxygen atoms in total. The minimum atomic E-state index is 0.576. The summed E-state index contributed by atoms with van der Waals surface area (Å²) in [7, 11) is 0. The van der Waals surface area contributed by atoms with Crippen LogP contribution in [0.2, 0.25) is 0 Å². The van der Waals surface area contributed by atoms with E-state index in [0.717, 1.165) is 18.9 Å². The summed E-state index contributed by atoms with van der Waals surface area (Å²) in [4.78, 5) is 6.68.